The third-order valence-corrected chi connectivity index (χ3v) is 3.75. The van der Waals surface area contributed by atoms with Crippen molar-refractivity contribution in [2.24, 2.45) is 0 Å². The van der Waals surface area contributed by atoms with Crippen LogP contribution in [0.2, 0.25) is 0 Å². The molecule has 0 radical (unpaired) electrons. The quantitative estimate of drug-likeness (QED) is 0.676. The van der Waals surface area contributed by atoms with E-state index >= 15 is 0 Å². The third-order valence-electron chi connectivity index (χ3n) is 2.70. The number of esters is 1. The minimum atomic E-state index is -0.285. The van der Waals surface area contributed by atoms with Crippen molar-refractivity contribution in [3.8, 4) is 0 Å². The first-order valence-electron chi connectivity index (χ1n) is 6.69. The number of thioether (sulfide) groups is 1. The maximum atomic E-state index is 11.7. The zero-order valence-corrected chi connectivity index (χ0v) is 12.9. The highest BCUT2D eigenvalue weighted by Crippen LogP contribution is 2.22. The van der Waals surface area contributed by atoms with Gasteiger partial charge in [-0.25, -0.2) is 9.78 Å². The lowest BCUT2D eigenvalue weighted by Crippen LogP contribution is -2.11. The zero-order valence-electron chi connectivity index (χ0n) is 12.1. The Bertz CT molecular complexity index is 595. The average Bonchev–Trinajstić information content (AvgIpc) is 2.46. The molecule has 0 aliphatic carbocycles. The lowest BCUT2D eigenvalue weighted by atomic mass is 10.1. The van der Waals surface area contributed by atoms with E-state index in [-0.39, 0.29) is 12.1 Å². The van der Waals surface area contributed by atoms with Crippen molar-refractivity contribution in [3.05, 3.63) is 53.7 Å². The van der Waals surface area contributed by atoms with Gasteiger partial charge in [-0.1, -0.05) is 12.1 Å². The van der Waals surface area contributed by atoms with E-state index in [1.165, 1.54) is 0 Å². The number of carbonyl (C=O) groups excluding carboxylic acids is 1. The van der Waals surface area contributed by atoms with E-state index in [4.69, 9.17) is 10.5 Å². The average molecular weight is 302 g/mol. The fraction of sp³-hybridized carbons (Fsp3) is 0.250. The van der Waals surface area contributed by atoms with Crippen LogP contribution in [0.4, 0.5) is 5.82 Å². The van der Waals surface area contributed by atoms with E-state index in [2.05, 4.69) is 4.98 Å². The molecule has 110 valence electrons. The number of ether oxygens (including phenoxy) is 1. The molecule has 4 nitrogen and oxygen atoms in total. The van der Waals surface area contributed by atoms with Gasteiger partial charge in [0.2, 0.25) is 0 Å². The second-order valence-electron chi connectivity index (χ2n) is 4.86. The van der Waals surface area contributed by atoms with Gasteiger partial charge in [-0.2, -0.15) is 0 Å². The van der Waals surface area contributed by atoms with Crippen molar-refractivity contribution in [2.75, 3.05) is 5.73 Å². The molecule has 2 N–H and O–H groups in total. The van der Waals surface area contributed by atoms with E-state index in [1.807, 2.05) is 32.0 Å². The molecule has 2 rings (SSSR count). The predicted molar refractivity (Wildman–Crippen MR) is 85.2 cm³/mol. The van der Waals surface area contributed by atoms with Crippen LogP contribution in [0.25, 0.3) is 0 Å². The highest BCUT2D eigenvalue weighted by molar-refractivity contribution is 7.98. The molecule has 0 spiro atoms. The molecule has 21 heavy (non-hydrogen) atoms. The molecule has 0 unspecified atom stereocenters. The number of pyridine rings is 1. The van der Waals surface area contributed by atoms with Crippen molar-refractivity contribution in [2.45, 2.75) is 30.6 Å². The molecule has 0 aliphatic heterocycles. The van der Waals surface area contributed by atoms with Gasteiger partial charge in [0.15, 0.2) is 0 Å². The van der Waals surface area contributed by atoms with E-state index < -0.39 is 0 Å². The minimum Gasteiger partial charge on any atom is -0.459 e. The largest absolute Gasteiger partial charge is 0.459 e. The molecule has 0 atom stereocenters. The summed E-state index contributed by atoms with van der Waals surface area (Å²) in [6.45, 7) is 3.67. The summed E-state index contributed by atoms with van der Waals surface area (Å²) in [5, 5.41) is 0. The van der Waals surface area contributed by atoms with E-state index in [0.29, 0.717) is 11.4 Å². The number of nitrogens with zero attached hydrogens (tertiary/aromatic N) is 1. The van der Waals surface area contributed by atoms with Crippen LogP contribution < -0.4 is 5.73 Å². The Labute approximate surface area is 128 Å². The van der Waals surface area contributed by atoms with Gasteiger partial charge >= 0.3 is 5.97 Å². The van der Waals surface area contributed by atoms with Gasteiger partial charge < -0.3 is 10.5 Å². The number of aromatic nitrogens is 1. The Morgan fingerprint density at radius 1 is 1.24 bits per heavy atom. The first kappa shape index (κ1) is 15.4. The highest BCUT2D eigenvalue weighted by Gasteiger charge is 2.08. The van der Waals surface area contributed by atoms with E-state index in [9.17, 15) is 4.79 Å². The fourth-order valence-electron chi connectivity index (χ4n) is 1.66. The zero-order chi connectivity index (χ0) is 15.2. The van der Waals surface area contributed by atoms with Gasteiger partial charge in [0.1, 0.15) is 5.82 Å². The Kier molecular flexibility index (Phi) is 5.22. The van der Waals surface area contributed by atoms with Gasteiger partial charge in [0.25, 0.3) is 0 Å². The highest BCUT2D eigenvalue weighted by atomic mass is 32.2. The molecule has 0 saturated heterocycles. The summed E-state index contributed by atoms with van der Waals surface area (Å²) in [5.74, 6) is 1.05. The Hall–Kier alpha value is -2.01. The van der Waals surface area contributed by atoms with Crippen LogP contribution in [0.3, 0.4) is 0 Å². The van der Waals surface area contributed by atoms with Gasteiger partial charge in [0.05, 0.1) is 11.7 Å². The monoisotopic (exact) mass is 302 g/mol. The van der Waals surface area contributed by atoms with Gasteiger partial charge in [-0.15, -0.1) is 11.8 Å². The van der Waals surface area contributed by atoms with Crippen LogP contribution in [0, 0.1) is 0 Å². The predicted octanol–water partition coefficient (Wildman–Crippen LogP) is 3.52. The lowest BCUT2D eigenvalue weighted by molar-refractivity contribution is 0.0378. The molecule has 1 aromatic carbocycles. The van der Waals surface area contributed by atoms with Crippen molar-refractivity contribution in [3.63, 3.8) is 0 Å². The van der Waals surface area contributed by atoms with Crippen molar-refractivity contribution in [1.82, 2.24) is 4.98 Å². The second kappa shape index (κ2) is 7.13. The molecule has 0 amide bonds. The van der Waals surface area contributed by atoms with Crippen LogP contribution >= 0.6 is 11.8 Å². The summed E-state index contributed by atoms with van der Waals surface area (Å²) >= 11 is 1.67. The number of nitrogens with two attached hydrogens (primary N) is 1. The Morgan fingerprint density at radius 3 is 2.52 bits per heavy atom. The number of rotatable bonds is 5. The summed E-state index contributed by atoms with van der Waals surface area (Å²) in [5.41, 5.74) is 7.26. The van der Waals surface area contributed by atoms with Gasteiger partial charge in [-0.05, 0) is 43.7 Å². The molecule has 0 saturated carbocycles. The number of anilines is 1. The number of carbonyl (C=O) groups is 1. The first-order chi connectivity index (χ1) is 10.0. The van der Waals surface area contributed by atoms with Crippen LogP contribution in [-0.2, 0) is 10.5 Å². The van der Waals surface area contributed by atoms with Crippen molar-refractivity contribution in [1.29, 1.82) is 0 Å². The molecular formula is C16H18N2O2S. The molecule has 0 fully saturated rings. The molecule has 0 aliphatic rings. The van der Waals surface area contributed by atoms with Crippen molar-refractivity contribution < 1.29 is 9.53 Å². The third kappa shape index (κ3) is 4.79. The Morgan fingerprint density at radius 2 is 1.95 bits per heavy atom. The summed E-state index contributed by atoms with van der Waals surface area (Å²) < 4.78 is 5.15. The topological polar surface area (TPSA) is 65.2 Å². The second-order valence-corrected chi connectivity index (χ2v) is 5.91. The van der Waals surface area contributed by atoms with E-state index in [1.54, 1.807) is 36.2 Å². The van der Waals surface area contributed by atoms with Crippen molar-refractivity contribution >= 4 is 23.5 Å². The maximum Gasteiger partial charge on any atom is 0.338 e. The molecular weight excluding hydrogens is 284 g/mol. The molecule has 1 heterocycles. The smallest absolute Gasteiger partial charge is 0.338 e. The standard InChI is InChI=1S/C16H18N2O2S/c1-11(2)20-16(19)13-5-3-12(4-6-13)10-21-14-7-8-15(17)18-9-14/h3-9,11H,10H2,1-2H3,(H2,17,18). The van der Waals surface area contributed by atoms with E-state index in [0.717, 1.165) is 16.2 Å². The van der Waals surface area contributed by atoms with Crippen LogP contribution in [0.5, 0.6) is 0 Å². The SMILES string of the molecule is CC(C)OC(=O)c1ccc(CSc2ccc(N)nc2)cc1. The summed E-state index contributed by atoms with van der Waals surface area (Å²) in [6.07, 6.45) is 1.65. The number of hydrogen-bond acceptors (Lipinski definition) is 5. The van der Waals surface area contributed by atoms with Gasteiger partial charge in [-0.3, -0.25) is 0 Å². The lowest BCUT2D eigenvalue weighted by Gasteiger charge is -2.08. The first-order valence-corrected chi connectivity index (χ1v) is 7.67. The molecule has 0 bridgehead atoms. The molecule has 5 heteroatoms. The van der Waals surface area contributed by atoms with Crippen LogP contribution in [0.1, 0.15) is 29.8 Å². The molecule has 1 aromatic heterocycles. The number of nitrogen functional groups attached to an aromatic ring is 1. The summed E-state index contributed by atoms with van der Waals surface area (Å²) in [7, 11) is 0. The van der Waals surface area contributed by atoms with Gasteiger partial charge in [0, 0.05) is 16.8 Å². The van der Waals surface area contributed by atoms with Crippen LogP contribution in [0.15, 0.2) is 47.5 Å². The maximum absolute atomic E-state index is 11.7. The number of hydrogen-bond donors (Lipinski definition) is 1. The minimum absolute atomic E-state index is 0.106. The molecule has 2 aromatic rings. The normalized spacial score (nSPS) is 10.6. The fourth-order valence-corrected chi connectivity index (χ4v) is 2.48. The summed E-state index contributed by atoms with van der Waals surface area (Å²) in [4.78, 5) is 16.8. The Balaban J connectivity index is 1.93. The summed E-state index contributed by atoms with van der Waals surface area (Å²) in [6, 6.07) is 11.2. The van der Waals surface area contributed by atoms with Crippen LogP contribution in [-0.4, -0.2) is 17.1 Å². The number of benzene rings is 1.